The van der Waals surface area contributed by atoms with E-state index in [1.807, 2.05) is 27.7 Å². The maximum atomic E-state index is 13.4. The third-order valence-corrected chi connectivity index (χ3v) is 6.76. The second-order valence-electron chi connectivity index (χ2n) is 10.9. The molecule has 0 fully saturated rings. The van der Waals surface area contributed by atoms with Crippen LogP contribution in [0.2, 0.25) is 0 Å². The minimum absolute atomic E-state index is 0.0286. The van der Waals surface area contributed by atoms with Crippen LogP contribution in [0.4, 0.5) is 18.0 Å². The van der Waals surface area contributed by atoms with Crippen LogP contribution in [0, 0.1) is 5.41 Å². The van der Waals surface area contributed by atoms with Gasteiger partial charge in [-0.1, -0.05) is 52.7 Å². The van der Waals surface area contributed by atoms with E-state index in [1.165, 1.54) is 23.0 Å². The Kier molecular flexibility index (Phi) is 9.95. The van der Waals surface area contributed by atoms with Crippen LogP contribution >= 0.6 is 0 Å². The molecule has 222 valence electrons. The zero-order valence-electron chi connectivity index (χ0n) is 23.4. The maximum Gasteiger partial charge on any atom is 0.416 e. The summed E-state index contributed by atoms with van der Waals surface area (Å²) >= 11 is 0. The van der Waals surface area contributed by atoms with Crippen molar-refractivity contribution < 1.29 is 32.7 Å². The number of aromatic nitrogens is 4. The van der Waals surface area contributed by atoms with Crippen molar-refractivity contribution in [2.45, 2.75) is 78.3 Å². The van der Waals surface area contributed by atoms with Crippen LogP contribution in [0.1, 0.15) is 58.2 Å². The number of rotatable bonds is 12. The highest BCUT2D eigenvalue weighted by Crippen LogP contribution is 2.32. The molecule has 2 amide bonds. The van der Waals surface area contributed by atoms with Crippen LogP contribution < -0.4 is 5.32 Å². The largest absolute Gasteiger partial charge is 0.465 e. The second-order valence-corrected chi connectivity index (χ2v) is 10.9. The molecule has 2 aromatic heterocycles. The van der Waals surface area contributed by atoms with Crippen molar-refractivity contribution in [1.29, 1.82) is 0 Å². The number of nitrogens with zero attached hydrogens (tertiary/aromatic N) is 4. The highest BCUT2D eigenvalue weighted by Gasteiger charge is 2.42. The number of H-pyrrole nitrogens is 1. The molecule has 0 saturated carbocycles. The second kappa shape index (κ2) is 13.0. The summed E-state index contributed by atoms with van der Waals surface area (Å²) in [5.74, 6) is -1.76. The molecular weight excluding hydrogens is 541 g/mol. The number of benzene rings is 1. The van der Waals surface area contributed by atoms with Gasteiger partial charge in [0.2, 0.25) is 5.78 Å². The molecule has 2 heterocycles. The lowest BCUT2D eigenvalue weighted by atomic mass is 9.84. The van der Waals surface area contributed by atoms with Crippen LogP contribution in [-0.4, -0.2) is 59.9 Å². The van der Waals surface area contributed by atoms with Gasteiger partial charge in [-0.15, -0.1) is 0 Å². The first-order valence-electron chi connectivity index (χ1n) is 13.2. The number of hydrogen-bond acceptors (Lipinski definition) is 5. The van der Waals surface area contributed by atoms with Gasteiger partial charge in [-0.3, -0.25) is 24.3 Å². The van der Waals surface area contributed by atoms with Gasteiger partial charge in [-0.25, -0.2) is 4.79 Å². The number of unbranched alkanes of at least 4 members (excludes halogenated alkanes) is 1. The number of halogens is 3. The lowest BCUT2D eigenvalue weighted by Crippen LogP contribution is -2.58. The number of hydrogen-bond donors (Lipinski definition) is 3. The molecular formula is C28H35F3N6O4. The fourth-order valence-corrected chi connectivity index (χ4v) is 4.48. The highest BCUT2D eigenvalue weighted by molar-refractivity contribution is 6.38. The summed E-state index contributed by atoms with van der Waals surface area (Å²) in [7, 11) is 0. The molecule has 0 spiro atoms. The minimum Gasteiger partial charge on any atom is -0.465 e. The van der Waals surface area contributed by atoms with Crippen LogP contribution in [0.5, 0.6) is 0 Å². The van der Waals surface area contributed by atoms with Crippen molar-refractivity contribution >= 4 is 17.8 Å². The summed E-state index contributed by atoms with van der Waals surface area (Å²) in [5.41, 5.74) is -0.00623. The van der Waals surface area contributed by atoms with E-state index in [9.17, 15) is 32.7 Å². The number of nitrogens with one attached hydrogen (secondary N) is 2. The monoisotopic (exact) mass is 576 g/mol. The SMILES string of the molecule is CCCC[C@@H](C(=O)C(=O)NCc1ccn[nH]1)N(C(=O)O)[C@H](Cn1ccc(-c2ccc(C(F)(F)F)cc2)n1)C(C)(C)C. The minimum atomic E-state index is -4.46. The zero-order chi connectivity index (χ0) is 30.4. The van der Waals surface area contributed by atoms with Gasteiger partial charge in [0.1, 0.15) is 6.04 Å². The third-order valence-electron chi connectivity index (χ3n) is 6.76. The summed E-state index contributed by atoms with van der Waals surface area (Å²) in [6.45, 7) is 7.45. The summed E-state index contributed by atoms with van der Waals surface area (Å²) in [6.07, 6.45) is -1.34. The molecule has 3 rings (SSSR count). The molecule has 0 aliphatic carbocycles. The zero-order valence-corrected chi connectivity index (χ0v) is 23.4. The Morgan fingerprint density at radius 2 is 1.78 bits per heavy atom. The van der Waals surface area contributed by atoms with Gasteiger partial charge in [-0.05, 0) is 36.1 Å². The van der Waals surface area contributed by atoms with Crippen LogP contribution in [0.3, 0.4) is 0 Å². The van der Waals surface area contributed by atoms with E-state index >= 15 is 0 Å². The molecule has 1 aromatic carbocycles. The predicted octanol–water partition coefficient (Wildman–Crippen LogP) is 5.13. The van der Waals surface area contributed by atoms with Crippen molar-refractivity contribution in [3.05, 3.63) is 60.0 Å². The molecule has 0 saturated heterocycles. The van der Waals surface area contributed by atoms with Gasteiger partial charge in [0.25, 0.3) is 5.91 Å². The van der Waals surface area contributed by atoms with Crippen molar-refractivity contribution in [1.82, 2.24) is 30.2 Å². The topological polar surface area (TPSA) is 133 Å². The number of carbonyl (C=O) groups is 3. The van der Waals surface area contributed by atoms with E-state index in [0.717, 1.165) is 17.0 Å². The first-order valence-corrected chi connectivity index (χ1v) is 13.2. The Morgan fingerprint density at radius 1 is 1.10 bits per heavy atom. The number of alkyl halides is 3. The number of ketones is 1. The summed E-state index contributed by atoms with van der Waals surface area (Å²) in [4.78, 5) is 40.0. The van der Waals surface area contributed by atoms with Gasteiger partial charge >= 0.3 is 12.3 Å². The molecule has 0 unspecified atom stereocenters. The Balaban J connectivity index is 1.88. The lowest BCUT2D eigenvalue weighted by Gasteiger charge is -2.42. The van der Waals surface area contributed by atoms with Crippen LogP contribution in [0.15, 0.2) is 48.8 Å². The van der Waals surface area contributed by atoms with Crippen molar-refractivity contribution in [2.75, 3.05) is 0 Å². The Hall–Kier alpha value is -4.16. The lowest BCUT2D eigenvalue weighted by molar-refractivity contribution is -0.142. The Morgan fingerprint density at radius 3 is 2.32 bits per heavy atom. The predicted molar refractivity (Wildman–Crippen MR) is 145 cm³/mol. The maximum absolute atomic E-state index is 13.4. The van der Waals surface area contributed by atoms with Gasteiger partial charge in [-0.2, -0.15) is 23.4 Å². The molecule has 0 bridgehead atoms. The fraction of sp³-hybridized carbons (Fsp3) is 0.464. The smallest absolute Gasteiger partial charge is 0.416 e. The average molecular weight is 577 g/mol. The molecule has 3 N–H and O–H groups in total. The standard InChI is InChI=1S/C28H35F3N6O4/c1-5-6-7-22(24(38)25(39)32-16-20-12-14-33-34-20)37(26(40)41)23(27(2,3)4)17-36-15-13-21(35-36)18-8-10-19(11-9-18)28(29,30)31/h8-15,22-23H,5-7,16-17H2,1-4H3,(H,32,39)(H,33,34)(H,40,41)/t22-,23+/m0/s1. The van der Waals surface area contributed by atoms with E-state index < -0.39 is 47.0 Å². The number of Topliss-reactive ketones (excluding diaryl/α,β-unsaturated/α-hetero) is 1. The number of carbonyl (C=O) groups excluding carboxylic acids is 2. The molecule has 0 radical (unpaired) electrons. The van der Waals surface area contributed by atoms with E-state index in [1.54, 1.807) is 18.3 Å². The third kappa shape index (κ3) is 8.18. The van der Waals surface area contributed by atoms with Gasteiger partial charge < -0.3 is 10.4 Å². The highest BCUT2D eigenvalue weighted by atomic mass is 19.4. The van der Waals surface area contributed by atoms with Gasteiger partial charge in [0.05, 0.1) is 36.1 Å². The summed E-state index contributed by atoms with van der Waals surface area (Å²) < 4.78 is 40.4. The van der Waals surface area contributed by atoms with E-state index in [4.69, 9.17) is 0 Å². The molecule has 41 heavy (non-hydrogen) atoms. The fourth-order valence-electron chi connectivity index (χ4n) is 4.48. The normalized spacial score (nSPS) is 13.4. The van der Waals surface area contributed by atoms with Crippen LogP contribution in [0.25, 0.3) is 11.3 Å². The quantitative estimate of drug-likeness (QED) is 0.256. The number of aromatic amines is 1. The Labute approximate surface area is 235 Å². The molecule has 13 heteroatoms. The van der Waals surface area contributed by atoms with Gasteiger partial charge in [0.15, 0.2) is 0 Å². The molecule has 2 atom stereocenters. The molecule has 10 nitrogen and oxygen atoms in total. The van der Waals surface area contributed by atoms with E-state index in [-0.39, 0.29) is 19.5 Å². The van der Waals surface area contributed by atoms with Gasteiger partial charge in [0, 0.05) is 18.0 Å². The van der Waals surface area contributed by atoms with Crippen molar-refractivity contribution in [3.63, 3.8) is 0 Å². The van der Waals surface area contributed by atoms with Crippen molar-refractivity contribution in [3.8, 4) is 11.3 Å². The molecule has 3 aromatic rings. The first-order chi connectivity index (χ1) is 19.2. The van der Waals surface area contributed by atoms with Crippen molar-refractivity contribution in [2.24, 2.45) is 5.41 Å². The molecule has 0 aliphatic rings. The van der Waals surface area contributed by atoms with E-state index in [2.05, 4.69) is 20.6 Å². The number of amides is 2. The molecule has 0 aliphatic heterocycles. The average Bonchev–Trinajstić information content (AvgIpc) is 3.59. The van der Waals surface area contributed by atoms with Crippen LogP contribution in [-0.2, 0) is 28.9 Å². The number of carboxylic acid groups (broad SMARTS) is 1. The Bertz CT molecular complexity index is 1310. The summed E-state index contributed by atoms with van der Waals surface area (Å²) in [5, 5.41) is 23.8. The van der Waals surface area contributed by atoms with E-state index in [0.29, 0.717) is 29.8 Å². The first kappa shape index (κ1) is 31.4. The summed E-state index contributed by atoms with van der Waals surface area (Å²) in [6, 6.07) is 5.83.